The van der Waals surface area contributed by atoms with Gasteiger partial charge in [0.25, 0.3) is 0 Å². The summed E-state index contributed by atoms with van der Waals surface area (Å²) in [6, 6.07) is 0. The van der Waals surface area contributed by atoms with Gasteiger partial charge in [0.15, 0.2) is 0 Å². The van der Waals surface area contributed by atoms with Gasteiger partial charge in [-0.1, -0.05) is 0 Å². The Balaban J connectivity index is -0.000000572. The van der Waals surface area contributed by atoms with Crippen LogP contribution in [-0.4, -0.2) is 101 Å². The number of hydrogen-bond acceptors (Lipinski definition) is 16. The number of cyclic esters (lactones) is 8. The quantitative estimate of drug-likeness (QED) is 0.147. The summed E-state index contributed by atoms with van der Waals surface area (Å²) in [7, 11) is 39.3. The van der Waals surface area contributed by atoms with Gasteiger partial charge in [-0.15, -0.1) is 0 Å². The van der Waals surface area contributed by atoms with E-state index in [0.29, 0.717) is 0 Å². The molecule has 0 atom stereocenters. The maximum atomic E-state index is 11.3. The minimum absolute atomic E-state index is 0.618. The van der Waals surface area contributed by atoms with Gasteiger partial charge in [0.2, 0.25) is 0 Å². The summed E-state index contributed by atoms with van der Waals surface area (Å²) in [5.41, 5.74) is 0. The van der Waals surface area contributed by atoms with Gasteiger partial charge < -0.3 is 37.9 Å². The number of carbonyl (C=O) groups excluding carboxylic acids is 8. The van der Waals surface area contributed by atoms with Crippen molar-refractivity contribution in [3.63, 3.8) is 0 Å². The minimum atomic E-state index is -1.47. The fourth-order valence-corrected chi connectivity index (χ4v) is 1.55. The average Bonchev–Trinajstić information content (AvgIpc) is 2.98. The first-order valence-electron chi connectivity index (χ1n) is 9.93. The number of esters is 8. The molecule has 1 fully saturated rings. The first kappa shape index (κ1) is 51.9. The number of carbonyl (C=O) groups is 8. The van der Waals surface area contributed by atoms with Crippen molar-refractivity contribution in [3.05, 3.63) is 0 Å². The second-order valence-corrected chi connectivity index (χ2v) is 18.7. The molecule has 1 saturated heterocycles. The van der Waals surface area contributed by atoms with Crippen LogP contribution in [0.3, 0.4) is 0 Å². The molecule has 16 nitrogen and oxygen atoms in total. The second kappa shape index (κ2) is 40.2. The molecular weight excluding hydrogens is 1100 g/mol. The second-order valence-electron chi connectivity index (χ2n) is 5.34. The van der Waals surface area contributed by atoms with Crippen molar-refractivity contribution >= 4 is 121 Å². The third-order valence-electron chi connectivity index (χ3n) is 2.87. The third-order valence-corrected chi connectivity index (χ3v) is 2.87. The van der Waals surface area contributed by atoms with Crippen molar-refractivity contribution in [3.8, 4) is 0 Å². The number of halogens is 8. The molecule has 0 aromatic heterocycles. The molecule has 0 unspecified atom stereocenters. The molecule has 0 aliphatic carbocycles. The summed E-state index contributed by atoms with van der Waals surface area (Å²) in [5.74, 6) is -11.8. The van der Waals surface area contributed by atoms with Crippen LogP contribution in [0.1, 0.15) is 0 Å². The Labute approximate surface area is 316 Å². The fraction of sp³-hybridized carbons (Fsp3) is 0.500. The molecule has 0 saturated carbocycles. The summed E-state index contributed by atoms with van der Waals surface area (Å²) in [6.45, 7) is -4.94. The Morgan fingerprint density at radius 2 is 0.341 bits per heavy atom. The van der Waals surface area contributed by atoms with E-state index in [1.165, 1.54) is 0 Å². The van der Waals surface area contributed by atoms with Crippen molar-refractivity contribution in [2.45, 2.75) is 0 Å². The maximum absolute atomic E-state index is 11.3. The van der Waals surface area contributed by atoms with Gasteiger partial charge in [-0.25, -0.2) is 38.4 Å². The van der Waals surface area contributed by atoms with Gasteiger partial charge in [0.1, 0.15) is 52.9 Å². The predicted octanol–water partition coefficient (Wildman–Crippen LogP) is 1.85. The Hall–Kier alpha value is 1.04. The zero-order valence-electron chi connectivity index (χ0n) is 21.0. The van der Waals surface area contributed by atoms with E-state index >= 15 is 0 Å². The molecule has 0 radical (unpaired) electrons. The molecule has 1 aliphatic heterocycles. The normalized spacial score (nSPS) is 15.5. The van der Waals surface area contributed by atoms with Gasteiger partial charge in [0.05, 0.1) is 0 Å². The number of hydrogen-bond donors (Lipinski definition) is 0. The number of rotatable bonds is 0. The summed E-state index contributed by atoms with van der Waals surface area (Å²) >= 11 is -2.82. The predicted molar refractivity (Wildman–Crippen MR) is 134 cm³/mol. The van der Waals surface area contributed by atoms with Crippen LogP contribution >= 0.6 is 73.5 Å². The van der Waals surface area contributed by atoms with E-state index in [1.54, 1.807) is 0 Å². The third kappa shape index (κ3) is 37.5. The van der Waals surface area contributed by atoms with Crippen LogP contribution in [0.5, 0.6) is 0 Å². The van der Waals surface area contributed by atoms with Crippen molar-refractivity contribution in [2.24, 2.45) is 0 Å². The molecule has 28 heteroatoms. The first-order valence-corrected chi connectivity index (χ1v) is 32.6. The van der Waals surface area contributed by atoms with Crippen LogP contribution in [0.25, 0.3) is 0 Å². The molecule has 0 bridgehead atoms. The van der Waals surface area contributed by atoms with Crippen LogP contribution < -0.4 is 0 Å². The summed E-state index contributed by atoms with van der Waals surface area (Å²) in [4.78, 5) is 90.8. The average molecular weight is 1120 g/mol. The molecule has 0 N–H and O–H groups in total. The van der Waals surface area contributed by atoms with Gasteiger partial charge in [-0.3, -0.25) is 0 Å². The molecular formula is C16H16Cl8Nb4O16. The Morgan fingerprint density at radius 1 is 0.273 bits per heavy atom. The molecule has 0 aromatic rings. The molecule has 0 aromatic carbocycles. The molecule has 1 rings (SSSR count). The van der Waals surface area contributed by atoms with Crippen molar-refractivity contribution in [1.82, 2.24) is 0 Å². The molecule has 0 amide bonds. The van der Waals surface area contributed by atoms with Crippen molar-refractivity contribution in [1.29, 1.82) is 0 Å². The van der Waals surface area contributed by atoms with E-state index in [4.69, 9.17) is 73.5 Å². The summed E-state index contributed by atoms with van der Waals surface area (Å²) in [5, 5.41) is 0. The zero-order valence-corrected chi connectivity index (χ0v) is 35.8. The monoisotopic (exact) mass is 1120 g/mol. The fourth-order valence-electron chi connectivity index (χ4n) is 1.55. The van der Waals surface area contributed by atoms with Crippen molar-refractivity contribution < 1.29 is 147 Å². The van der Waals surface area contributed by atoms with E-state index in [-0.39, 0.29) is 0 Å². The van der Waals surface area contributed by atoms with E-state index in [0.717, 1.165) is 0 Å². The zero-order chi connectivity index (χ0) is 34.8. The molecule has 0 spiro atoms. The van der Waals surface area contributed by atoms with E-state index in [9.17, 15) is 38.4 Å². The van der Waals surface area contributed by atoms with Crippen LogP contribution in [0.2, 0.25) is 0 Å². The van der Waals surface area contributed by atoms with Gasteiger partial charge in [-0.2, -0.15) is 0 Å². The van der Waals surface area contributed by atoms with Crippen LogP contribution in [-0.2, 0) is 147 Å². The van der Waals surface area contributed by atoms with E-state index < -0.39 is 171 Å². The van der Waals surface area contributed by atoms with Crippen molar-refractivity contribution in [2.75, 3.05) is 52.9 Å². The van der Waals surface area contributed by atoms with Crippen LogP contribution in [0.15, 0.2) is 0 Å². The molecule has 252 valence electrons. The van der Waals surface area contributed by atoms with Gasteiger partial charge in [0, 0.05) is 0 Å². The van der Waals surface area contributed by atoms with E-state index in [2.05, 4.69) is 37.9 Å². The first-order chi connectivity index (χ1) is 20.9. The van der Waals surface area contributed by atoms with Gasteiger partial charge in [-0.05, 0) is 0 Å². The topological polar surface area (TPSA) is 210 Å². The standard InChI is InChI=1S/C16H16O16.8ClH.4Nb/c17-9-10(18)27-3-4-29-13(21)14(22)31-7-8-32-16(24)15(23)30-6-5-28-12(20)11(19)26-2-1-25-9;;;;;;;;;;;;/h1-8H2;8*1H;;;;/q;;;;;;;;;4*+2/p-8. The number of ether oxygens (including phenoxy) is 8. The van der Waals surface area contributed by atoms with Crippen LogP contribution in [0, 0.1) is 0 Å². The Kier molecular flexibility index (Phi) is 47.4. The summed E-state index contributed by atoms with van der Waals surface area (Å²) < 4.78 is 35.3. The Morgan fingerprint density at radius 3 is 0.409 bits per heavy atom. The summed E-state index contributed by atoms with van der Waals surface area (Å²) in [6.07, 6.45) is 0. The molecule has 1 aliphatic rings. The SMILES string of the molecule is O=C1OCCOC(=O)C(=O)OCCOC(=O)C(=O)OCCOC(=O)C(=O)OCCOC1=O.[Cl][Nb][Cl].[Cl][Nb][Cl].[Cl][Nb][Cl].[Cl][Nb][Cl]. The van der Waals surface area contributed by atoms with Gasteiger partial charge >= 0.3 is 192 Å². The molecule has 1 heterocycles. The van der Waals surface area contributed by atoms with E-state index in [1.807, 2.05) is 0 Å². The Bertz CT molecular complexity index is 676. The molecule has 44 heavy (non-hydrogen) atoms. The van der Waals surface area contributed by atoms with Crippen LogP contribution in [0.4, 0.5) is 0 Å².